The predicted molar refractivity (Wildman–Crippen MR) is 120 cm³/mol. The molecule has 7 nitrogen and oxygen atoms in total. The normalized spacial score (nSPS) is 16.0. The van der Waals surface area contributed by atoms with Gasteiger partial charge >= 0.3 is 0 Å². The summed E-state index contributed by atoms with van der Waals surface area (Å²) < 4.78 is 15.9. The number of Topliss-reactive ketones (excluding diaryl/α,β-unsaturated/α-hetero) is 1. The van der Waals surface area contributed by atoms with E-state index >= 15 is 0 Å². The van der Waals surface area contributed by atoms with Crippen LogP contribution in [0.3, 0.4) is 0 Å². The van der Waals surface area contributed by atoms with Crippen LogP contribution in [0.4, 0.5) is 0 Å². The first kappa shape index (κ1) is 23.2. The number of benzene rings is 2. The molecule has 1 aliphatic rings. The SMILES string of the molecule is COc1ccc(C2C(C(=O)CC(C)C)=C(O)C(=O)N2Cc2ccc(OC)c(OC)c2)cc1. The van der Waals surface area contributed by atoms with Crippen LogP contribution in [0, 0.1) is 5.92 Å². The van der Waals surface area contributed by atoms with Crippen molar-refractivity contribution >= 4 is 11.7 Å². The minimum atomic E-state index is -0.701. The zero-order valence-electron chi connectivity index (χ0n) is 19.0. The molecule has 0 saturated carbocycles. The quantitative estimate of drug-likeness (QED) is 0.630. The van der Waals surface area contributed by atoms with E-state index in [1.54, 1.807) is 57.7 Å². The van der Waals surface area contributed by atoms with Crippen LogP contribution in [0.2, 0.25) is 0 Å². The fourth-order valence-electron chi connectivity index (χ4n) is 3.89. The smallest absolute Gasteiger partial charge is 0.290 e. The van der Waals surface area contributed by atoms with Gasteiger partial charge in [-0.3, -0.25) is 9.59 Å². The summed E-state index contributed by atoms with van der Waals surface area (Å²) in [6.45, 7) is 4.03. The van der Waals surface area contributed by atoms with Gasteiger partial charge in [0.25, 0.3) is 5.91 Å². The highest BCUT2D eigenvalue weighted by Crippen LogP contribution is 2.40. The van der Waals surface area contributed by atoms with Crippen LogP contribution in [0.15, 0.2) is 53.8 Å². The van der Waals surface area contributed by atoms with Crippen molar-refractivity contribution in [1.29, 1.82) is 0 Å². The van der Waals surface area contributed by atoms with E-state index in [0.29, 0.717) is 17.2 Å². The molecule has 1 amide bonds. The predicted octanol–water partition coefficient (Wildman–Crippen LogP) is 4.22. The molecule has 32 heavy (non-hydrogen) atoms. The Morgan fingerprint density at radius 2 is 1.66 bits per heavy atom. The number of carbonyl (C=O) groups excluding carboxylic acids is 2. The molecule has 0 fully saturated rings. The summed E-state index contributed by atoms with van der Waals surface area (Å²) in [5, 5.41) is 10.7. The van der Waals surface area contributed by atoms with Gasteiger partial charge in [0.05, 0.1) is 32.9 Å². The fourth-order valence-corrected chi connectivity index (χ4v) is 3.89. The van der Waals surface area contributed by atoms with Gasteiger partial charge in [-0.05, 0) is 41.3 Å². The molecule has 0 radical (unpaired) electrons. The number of aliphatic hydroxyl groups is 1. The second-order valence-electron chi connectivity index (χ2n) is 8.08. The van der Waals surface area contributed by atoms with Crippen molar-refractivity contribution in [2.75, 3.05) is 21.3 Å². The Morgan fingerprint density at radius 1 is 1.00 bits per heavy atom. The average molecular weight is 440 g/mol. The lowest BCUT2D eigenvalue weighted by Crippen LogP contribution is -2.30. The fraction of sp³-hybridized carbons (Fsp3) is 0.360. The second-order valence-corrected chi connectivity index (χ2v) is 8.08. The Labute approximate surface area is 188 Å². The molecular formula is C25H29NO6. The molecule has 1 aliphatic heterocycles. The molecule has 1 heterocycles. The lowest BCUT2D eigenvalue weighted by atomic mass is 9.92. The number of hydrogen-bond donors (Lipinski definition) is 1. The summed E-state index contributed by atoms with van der Waals surface area (Å²) in [6, 6.07) is 11.8. The Morgan fingerprint density at radius 3 is 2.22 bits per heavy atom. The lowest BCUT2D eigenvalue weighted by Gasteiger charge is -2.27. The van der Waals surface area contributed by atoms with E-state index in [0.717, 1.165) is 11.1 Å². The number of carbonyl (C=O) groups is 2. The number of ether oxygens (including phenoxy) is 3. The Hall–Kier alpha value is -3.48. The zero-order chi connectivity index (χ0) is 23.4. The minimum Gasteiger partial charge on any atom is -0.503 e. The molecule has 170 valence electrons. The van der Waals surface area contributed by atoms with Crippen molar-refractivity contribution in [2.24, 2.45) is 5.92 Å². The molecule has 0 saturated heterocycles. The maximum Gasteiger partial charge on any atom is 0.290 e. The largest absolute Gasteiger partial charge is 0.503 e. The molecule has 3 rings (SSSR count). The molecule has 0 spiro atoms. The Kier molecular flexibility index (Phi) is 7.08. The third kappa shape index (κ3) is 4.56. The summed E-state index contributed by atoms with van der Waals surface area (Å²) in [5.41, 5.74) is 1.63. The highest BCUT2D eigenvalue weighted by atomic mass is 16.5. The van der Waals surface area contributed by atoms with Gasteiger partial charge in [0, 0.05) is 13.0 Å². The average Bonchev–Trinajstić information content (AvgIpc) is 3.03. The molecule has 1 unspecified atom stereocenters. The molecule has 2 aromatic carbocycles. The van der Waals surface area contributed by atoms with Crippen molar-refractivity contribution in [2.45, 2.75) is 32.9 Å². The molecule has 0 aromatic heterocycles. The van der Waals surface area contributed by atoms with Crippen molar-refractivity contribution in [1.82, 2.24) is 4.90 Å². The van der Waals surface area contributed by atoms with E-state index < -0.39 is 17.7 Å². The highest BCUT2D eigenvalue weighted by Gasteiger charge is 2.43. The third-order valence-electron chi connectivity index (χ3n) is 5.43. The number of ketones is 1. The minimum absolute atomic E-state index is 0.0920. The van der Waals surface area contributed by atoms with E-state index in [1.165, 1.54) is 4.90 Å². The summed E-state index contributed by atoms with van der Waals surface area (Å²) in [7, 11) is 4.66. The van der Waals surface area contributed by atoms with E-state index in [-0.39, 0.29) is 30.2 Å². The first-order chi connectivity index (χ1) is 15.3. The van der Waals surface area contributed by atoms with Crippen LogP contribution >= 0.6 is 0 Å². The molecule has 7 heteroatoms. The van der Waals surface area contributed by atoms with Gasteiger partial charge in [-0.15, -0.1) is 0 Å². The standard InChI is InChI=1S/C25H29NO6/c1-15(2)12-19(27)22-23(17-7-9-18(30-3)10-8-17)26(25(29)24(22)28)14-16-6-11-20(31-4)21(13-16)32-5/h6-11,13,15,23,28H,12,14H2,1-5H3. The summed E-state index contributed by atoms with van der Waals surface area (Å²) in [4.78, 5) is 27.6. The van der Waals surface area contributed by atoms with Crippen molar-refractivity contribution in [3.8, 4) is 17.2 Å². The topological polar surface area (TPSA) is 85.3 Å². The number of nitrogens with zero attached hydrogens (tertiary/aromatic N) is 1. The van der Waals surface area contributed by atoms with Crippen molar-refractivity contribution in [3.63, 3.8) is 0 Å². The van der Waals surface area contributed by atoms with Gasteiger partial charge in [-0.1, -0.05) is 32.0 Å². The van der Waals surface area contributed by atoms with Crippen molar-refractivity contribution in [3.05, 3.63) is 64.9 Å². The van der Waals surface area contributed by atoms with E-state index in [1.807, 2.05) is 19.9 Å². The van der Waals surface area contributed by atoms with Crippen LogP contribution < -0.4 is 14.2 Å². The van der Waals surface area contributed by atoms with E-state index in [4.69, 9.17) is 14.2 Å². The molecule has 0 bridgehead atoms. The van der Waals surface area contributed by atoms with E-state index in [9.17, 15) is 14.7 Å². The molecule has 0 aliphatic carbocycles. The van der Waals surface area contributed by atoms with Crippen LogP contribution in [-0.4, -0.2) is 43.0 Å². The second kappa shape index (κ2) is 9.77. The number of amides is 1. The first-order valence-electron chi connectivity index (χ1n) is 10.4. The van der Waals surface area contributed by atoms with Gasteiger partial charge in [-0.25, -0.2) is 0 Å². The summed E-state index contributed by atoms with van der Waals surface area (Å²) >= 11 is 0. The van der Waals surface area contributed by atoms with Crippen LogP contribution in [0.1, 0.15) is 37.4 Å². The number of aliphatic hydroxyl groups excluding tert-OH is 1. The monoisotopic (exact) mass is 439 g/mol. The third-order valence-corrected chi connectivity index (χ3v) is 5.43. The van der Waals surface area contributed by atoms with E-state index in [2.05, 4.69) is 0 Å². The van der Waals surface area contributed by atoms with Crippen LogP contribution in [0.25, 0.3) is 0 Å². The number of methoxy groups -OCH3 is 3. The lowest BCUT2D eigenvalue weighted by molar-refractivity contribution is -0.130. The van der Waals surface area contributed by atoms with Crippen LogP contribution in [-0.2, 0) is 16.1 Å². The van der Waals surface area contributed by atoms with Gasteiger partial charge in [0.15, 0.2) is 23.0 Å². The Balaban J connectivity index is 2.03. The van der Waals surface area contributed by atoms with Gasteiger partial charge in [0.2, 0.25) is 0 Å². The van der Waals surface area contributed by atoms with Gasteiger partial charge < -0.3 is 24.2 Å². The summed E-state index contributed by atoms with van der Waals surface area (Å²) in [6.07, 6.45) is 0.240. The number of hydrogen-bond acceptors (Lipinski definition) is 6. The van der Waals surface area contributed by atoms with Crippen LogP contribution in [0.5, 0.6) is 17.2 Å². The first-order valence-corrected chi connectivity index (χ1v) is 10.4. The highest BCUT2D eigenvalue weighted by molar-refractivity contribution is 6.09. The Bertz CT molecular complexity index is 1030. The van der Waals surface area contributed by atoms with Crippen molar-refractivity contribution < 1.29 is 28.9 Å². The molecule has 1 atom stereocenters. The maximum absolute atomic E-state index is 13.1. The van der Waals surface area contributed by atoms with Gasteiger partial charge in [0.1, 0.15) is 5.75 Å². The molecule has 2 aromatic rings. The zero-order valence-corrected chi connectivity index (χ0v) is 19.0. The molecular weight excluding hydrogens is 410 g/mol. The molecule has 1 N–H and O–H groups in total. The summed E-state index contributed by atoms with van der Waals surface area (Å²) in [5.74, 6) is 0.559. The maximum atomic E-state index is 13.1. The van der Waals surface area contributed by atoms with Gasteiger partial charge in [-0.2, -0.15) is 0 Å². The number of rotatable bonds is 9.